The van der Waals surface area contributed by atoms with Gasteiger partial charge in [0.1, 0.15) is 0 Å². The monoisotopic (exact) mass is 243 g/mol. The van der Waals surface area contributed by atoms with Crippen LogP contribution in [0.1, 0.15) is 12.1 Å². The first-order valence-corrected chi connectivity index (χ1v) is 6.45. The van der Waals surface area contributed by atoms with E-state index in [-0.39, 0.29) is 0 Å². The summed E-state index contributed by atoms with van der Waals surface area (Å²) >= 11 is 0. The highest BCUT2D eigenvalue weighted by Crippen LogP contribution is 2.15. The third-order valence-corrected chi connectivity index (χ3v) is 3.01. The molecule has 1 heterocycles. The summed E-state index contributed by atoms with van der Waals surface area (Å²) < 4.78 is 0. The lowest BCUT2D eigenvalue weighted by Gasteiger charge is -2.10. The van der Waals surface area contributed by atoms with Gasteiger partial charge in [0.25, 0.3) is 0 Å². The first-order valence-electron chi connectivity index (χ1n) is 6.45. The fraction of sp³-hybridized carbons (Fsp3) is 0.400. The molecule has 0 spiro atoms. The number of benzene rings is 1. The molecular weight excluding hydrogens is 222 g/mol. The SMILES string of the molecule is CN(C)CCCNCc1nccc2ccccc12. The Labute approximate surface area is 109 Å². The van der Waals surface area contributed by atoms with E-state index >= 15 is 0 Å². The molecule has 1 aromatic carbocycles. The zero-order valence-electron chi connectivity index (χ0n) is 11.2. The lowest BCUT2D eigenvalue weighted by atomic mass is 10.1. The molecule has 96 valence electrons. The van der Waals surface area contributed by atoms with Crippen molar-refractivity contribution in [2.45, 2.75) is 13.0 Å². The number of nitrogens with one attached hydrogen (secondary N) is 1. The largest absolute Gasteiger partial charge is 0.311 e. The van der Waals surface area contributed by atoms with Crippen molar-refractivity contribution in [2.24, 2.45) is 0 Å². The Kier molecular flexibility index (Phi) is 4.67. The summed E-state index contributed by atoms with van der Waals surface area (Å²) in [6.07, 6.45) is 3.05. The second kappa shape index (κ2) is 6.47. The standard InChI is InChI=1S/C15H21N3/c1-18(2)11-5-9-16-12-15-14-7-4-3-6-13(14)8-10-17-15/h3-4,6-8,10,16H,5,9,11-12H2,1-2H3. The fourth-order valence-corrected chi connectivity index (χ4v) is 2.05. The molecule has 0 unspecified atom stereocenters. The predicted molar refractivity (Wildman–Crippen MR) is 76.6 cm³/mol. The van der Waals surface area contributed by atoms with Crippen LogP contribution in [0.3, 0.4) is 0 Å². The van der Waals surface area contributed by atoms with Gasteiger partial charge in [-0.15, -0.1) is 0 Å². The molecule has 0 radical (unpaired) electrons. The number of hydrogen-bond acceptors (Lipinski definition) is 3. The summed E-state index contributed by atoms with van der Waals surface area (Å²) in [6.45, 7) is 2.99. The van der Waals surface area contributed by atoms with Crippen LogP contribution in [0.15, 0.2) is 36.5 Å². The zero-order valence-corrected chi connectivity index (χ0v) is 11.2. The lowest BCUT2D eigenvalue weighted by molar-refractivity contribution is 0.394. The van der Waals surface area contributed by atoms with Crippen LogP contribution < -0.4 is 5.32 Å². The Morgan fingerprint density at radius 2 is 2.00 bits per heavy atom. The van der Waals surface area contributed by atoms with E-state index in [0.717, 1.165) is 31.7 Å². The third-order valence-electron chi connectivity index (χ3n) is 3.01. The first-order chi connectivity index (χ1) is 8.77. The van der Waals surface area contributed by atoms with Gasteiger partial charge in [0.05, 0.1) is 5.69 Å². The van der Waals surface area contributed by atoms with Crippen molar-refractivity contribution in [2.75, 3.05) is 27.2 Å². The highest BCUT2D eigenvalue weighted by molar-refractivity contribution is 5.84. The minimum atomic E-state index is 0.842. The number of nitrogens with zero attached hydrogens (tertiary/aromatic N) is 2. The molecular formula is C15H21N3. The topological polar surface area (TPSA) is 28.2 Å². The Morgan fingerprint density at radius 3 is 2.83 bits per heavy atom. The highest BCUT2D eigenvalue weighted by atomic mass is 15.1. The quantitative estimate of drug-likeness (QED) is 0.789. The maximum Gasteiger partial charge on any atom is 0.0619 e. The molecule has 1 N–H and O–H groups in total. The predicted octanol–water partition coefficient (Wildman–Crippen LogP) is 2.28. The molecule has 0 aliphatic heterocycles. The van der Waals surface area contributed by atoms with E-state index in [1.54, 1.807) is 0 Å². The third kappa shape index (κ3) is 3.52. The fourth-order valence-electron chi connectivity index (χ4n) is 2.05. The van der Waals surface area contributed by atoms with Crippen molar-refractivity contribution in [3.63, 3.8) is 0 Å². The molecule has 0 fully saturated rings. The summed E-state index contributed by atoms with van der Waals surface area (Å²) in [7, 11) is 4.21. The van der Waals surface area contributed by atoms with E-state index in [4.69, 9.17) is 0 Å². The maximum absolute atomic E-state index is 4.47. The minimum Gasteiger partial charge on any atom is -0.311 e. The van der Waals surface area contributed by atoms with Crippen LogP contribution in [-0.2, 0) is 6.54 Å². The van der Waals surface area contributed by atoms with Crippen molar-refractivity contribution in [1.29, 1.82) is 0 Å². The van der Waals surface area contributed by atoms with Crippen LogP contribution >= 0.6 is 0 Å². The Morgan fingerprint density at radius 1 is 1.17 bits per heavy atom. The average molecular weight is 243 g/mol. The molecule has 2 rings (SSSR count). The van der Waals surface area contributed by atoms with Gasteiger partial charge < -0.3 is 10.2 Å². The van der Waals surface area contributed by atoms with Gasteiger partial charge in [-0.2, -0.15) is 0 Å². The van der Waals surface area contributed by atoms with Crippen molar-refractivity contribution in [1.82, 2.24) is 15.2 Å². The molecule has 18 heavy (non-hydrogen) atoms. The molecule has 1 aromatic heterocycles. The van der Waals surface area contributed by atoms with E-state index in [1.807, 2.05) is 6.20 Å². The Bertz CT molecular complexity index is 489. The van der Waals surface area contributed by atoms with Gasteiger partial charge in [-0.25, -0.2) is 0 Å². The summed E-state index contributed by atoms with van der Waals surface area (Å²) in [5.74, 6) is 0. The van der Waals surface area contributed by atoms with E-state index in [9.17, 15) is 0 Å². The zero-order chi connectivity index (χ0) is 12.8. The second-order valence-corrected chi connectivity index (χ2v) is 4.81. The highest BCUT2D eigenvalue weighted by Gasteiger charge is 2.00. The first kappa shape index (κ1) is 13.0. The van der Waals surface area contributed by atoms with Gasteiger partial charge in [0.2, 0.25) is 0 Å². The number of fused-ring (bicyclic) bond motifs is 1. The van der Waals surface area contributed by atoms with Crippen molar-refractivity contribution >= 4 is 10.8 Å². The summed E-state index contributed by atoms with van der Waals surface area (Å²) in [6, 6.07) is 10.5. The number of pyridine rings is 1. The van der Waals surface area contributed by atoms with Gasteiger partial charge >= 0.3 is 0 Å². The molecule has 0 atom stereocenters. The van der Waals surface area contributed by atoms with Crippen molar-refractivity contribution in [3.8, 4) is 0 Å². The van der Waals surface area contributed by atoms with E-state index in [2.05, 4.69) is 59.6 Å². The number of aromatic nitrogens is 1. The molecule has 0 aliphatic rings. The van der Waals surface area contributed by atoms with Crippen LogP contribution in [0, 0.1) is 0 Å². The van der Waals surface area contributed by atoms with Gasteiger partial charge in [-0.3, -0.25) is 4.98 Å². The van der Waals surface area contributed by atoms with Crippen LogP contribution in [0.25, 0.3) is 10.8 Å². The van der Waals surface area contributed by atoms with Crippen LogP contribution in [-0.4, -0.2) is 37.1 Å². The molecule has 0 saturated carbocycles. The summed E-state index contributed by atoms with van der Waals surface area (Å²) in [5.41, 5.74) is 1.14. The maximum atomic E-state index is 4.47. The van der Waals surface area contributed by atoms with E-state index in [1.165, 1.54) is 10.8 Å². The average Bonchev–Trinajstić information content (AvgIpc) is 2.38. The molecule has 0 amide bonds. The van der Waals surface area contributed by atoms with Crippen molar-refractivity contribution < 1.29 is 0 Å². The molecule has 3 heteroatoms. The number of rotatable bonds is 6. The Balaban J connectivity index is 1.91. The van der Waals surface area contributed by atoms with E-state index < -0.39 is 0 Å². The van der Waals surface area contributed by atoms with Crippen LogP contribution in [0.4, 0.5) is 0 Å². The molecule has 2 aromatic rings. The Hall–Kier alpha value is -1.45. The van der Waals surface area contributed by atoms with Gasteiger partial charge in [-0.05, 0) is 45.1 Å². The lowest BCUT2D eigenvalue weighted by Crippen LogP contribution is -2.21. The molecule has 0 bridgehead atoms. The number of hydrogen-bond donors (Lipinski definition) is 1. The normalized spacial score (nSPS) is 11.3. The van der Waals surface area contributed by atoms with Gasteiger partial charge in [0, 0.05) is 18.1 Å². The molecule has 0 aliphatic carbocycles. The van der Waals surface area contributed by atoms with Gasteiger partial charge in [0.15, 0.2) is 0 Å². The van der Waals surface area contributed by atoms with Crippen molar-refractivity contribution in [3.05, 3.63) is 42.2 Å². The minimum absolute atomic E-state index is 0.842. The molecule has 3 nitrogen and oxygen atoms in total. The van der Waals surface area contributed by atoms with Gasteiger partial charge in [-0.1, -0.05) is 24.3 Å². The second-order valence-electron chi connectivity index (χ2n) is 4.81. The van der Waals surface area contributed by atoms with Crippen LogP contribution in [0.2, 0.25) is 0 Å². The summed E-state index contributed by atoms with van der Waals surface area (Å²) in [5, 5.41) is 5.97. The van der Waals surface area contributed by atoms with Crippen LogP contribution in [0.5, 0.6) is 0 Å². The molecule has 0 saturated heterocycles. The van der Waals surface area contributed by atoms with E-state index in [0.29, 0.717) is 0 Å². The smallest absolute Gasteiger partial charge is 0.0619 e. The summed E-state index contributed by atoms with van der Waals surface area (Å²) in [4.78, 5) is 6.67.